The van der Waals surface area contributed by atoms with Gasteiger partial charge < -0.3 is 14.8 Å². The molecule has 9 heteroatoms. The summed E-state index contributed by atoms with van der Waals surface area (Å²) < 4.78 is 10.7. The van der Waals surface area contributed by atoms with Crippen molar-refractivity contribution in [3.63, 3.8) is 0 Å². The van der Waals surface area contributed by atoms with Crippen LogP contribution < -0.4 is 20.1 Å². The number of anilines is 1. The summed E-state index contributed by atoms with van der Waals surface area (Å²) in [7, 11) is 1.42. The lowest BCUT2D eigenvalue weighted by atomic mass is 10.2. The molecule has 0 fully saturated rings. The second kappa shape index (κ2) is 8.95. The van der Waals surface area contributed by atoms with E-state index < -0.39 is 10.8 Å². The molecule has 0 aliphatic carbocycles. The Labute approximate surface area is 161 Å². The van der Waals surface area contributed by atoms with Crippen LogP contribution in [0.25, 0.3) is 0 Å². The molecular formula is C18H19N3O5S. The van der Waals surface area contributed by atoms with Crippen molar-refractivity contribution in [2.75, 3.05) is 12.4 Å². The van der Waals surface area contributed by atoms with Crippen LogP contribution >= 0.6 is 12.2 Å². The van der Waals surface area contributed by atoms with E-state index in [-0.39, 0.29) is 22.6 Å². The fourth-order valence-electron chi connectivity index (χ4n) is 2.22. The number of methoxy groups -OCH3 is 1. The number of hydrogen-bond acceptors (Lipinski definition) is 6. The topological polar surface area (TPSA) is 103 Å². The maximum absolute atomic E-state index is 12.4. The smallest absolute Gasteiger partial charge is 0.271 e. The molecule has 2 aromatic rings. The molecule has 2 aromatic carbocycles. The van der Waals surface area contributed by atoms with Crippen LogP contribution in [0.2, 0.25) is 0 Å². The lowest BCUT2D eigenvalue weighted by molar-refractivity contribution is -0.384. The third kappa shape index (κ3) is 5.65. The van der Waals surface area contributed by atoms with Gasteiger partial charge in [-0.3, -0.25) is 20.2 Å². The molecule has 0 unspecified atom stereocenters. The number of amides is 1. The minimum atomic E-state index is -0.535. The molecule has 0 bridgehead atoms. The lowest BCUT2D eigenvalue weighted by Gasteiger charge is -2.13. The van der Waals surface area contributed by atoms with Crippen molar-refractivity contribution >= 4 is 34.6 Å². The monoisotopic (exact) mass is 389 g/mol. The van der Waals surface area contributed by atoms with Crippen molar-refractivity contribution in [2.45, 2.75) is 20.0 Å². The van der Waals surface area contributed by atoms with Gasteiger partial charge in [0.1, 0.15) is 11.5 Å². The van der Waals surface area contributed by atoms with E-state index in [9.17, 15) is 14.9 Å². The first kappa shape index (κ1) is 20.1. The van der Waals surface area contributed by atoms with Gasteiger partial charge in [-0.2, -0.15) is 0 Å². The van der Waals surface area contributed by atoms with Crippen LogP contribution in [0.5, 0.6) is 11.5 Å². The van der Waals surface area contributed by atoms with Crippen molar-refractivity contribution in [1.29, 1.82) is 0 Å². The fraction of sp³-hybridized carbons (Fsp3) is 0.222. The highest BCUT2D eigenvalue weighted by Gasteiger charge is 2.14. The molecule has 0 aromatic heterocycles. The molecule has 0 aliphatic heterocycles. The Morgan fingerprint density at radius 3 is 2.59 bits per heavy atom. The average molecular weight is 389 g/mol. The first-order valence-electron chi connectivity index (χ1n) is 8.01. The molecule has 0 spiro atoms. The molecule has 2 rings (SSSR count). The zero-order valence-electron chi connectivity index (χ0n) is 15.0. The average Bonchev–Trinajstić information content (AvgIpc) is 2.61. The van der Waals surface area contributed by atoms with E-state index >= 15 is 0 Å². The standard InChI is InChI=1S/C18H19N3O5S/c1-11(2)26-14-6-4-5-12(9-14)17(22)20-18(27)19-15-10-13(21(23)24)7-8-16(15)25-3/h4-11H,1-3H3,(H2,19,20,22,27). The molecule has 142 valence electrons. The number of hydrogen-bond donors (Lipinski definition) is 2. The van der Waals surface area contributed by atoms with E-state index in [0.29, 0.717) is 17.1 Å². The number of nitro groups is 1. The number of ether oxygens (including phenoxy) is 2. The number of nitrogens with zero attached hydrogens (tertiary/aromatic N) is 1. The number of carbonyl (C=O) groups is 1. The fourth-order valence-corrected chi connectivity index (χ4v) is 2.42. The zero-order chi connectivity index (χ0) is 20.0. The number of non-ortho nitro benzene ring substituents is 1. The Kier molecular flexibility index (Phi) is 6.67. The molecular weight excluding hydrogens is 370 g/mol. The first-order valence-corrected chi connectivity index (χ1v) is 8.42. The van der Waals surface area contributed by atoms with Crippen LogP contribution in [0.15, 0.2) is 42.5 Å². The van der Waals surface area contributed by atoms with E-state index in [2.05, 4.69) is 10.6 Å². The van der Waals surface area contributed by atoms with E-state index in [1.165, 1.54) is 25.3 Å². The third-order valence-corrected chi connectivity index (χ3v) is 3.54. The maximum Gasteiger partial charge on any atom is 0.271 e. The number of carbonyl (C=O) groups excluding carboxylic acids is 1. The van der Waals surface area contributed by atoms with Gasteiger partial charge in [-0.25, -0.2) is 0 Å². The number of nitrogens with one attached hydrogen (secondary N) is 2. The number of nitro benzene ring substituents is 1. The molecule has 0 saturated carbocycles. The second-order valence-electron chi connectivity index (χ2n) is 5.74. The van der Waals surface area contributed by atoms with Gasteiger partial charge in [-0.15, -0.1) is 0 Å². The predicted molar refractivity (Wildman–Crippen MR) is 106 cm³/mol. The summed E-state index contributed by atoms with van der Waals surface area (Å²) in [6, 6.07) is 10.7. The SMILES string of the molecule is COc1ccc([N+](=O)[O-])cc1NC(=S)NC(=O)c1cccc(OC(C)C)c1. The van der Waals surface area contributed by atoms with Gasteiger partial charge in [0.15, 0.2) is 5.11 Å². The van der Waals surface area contributed by atoms with Crippen molar-refractivity contribution in [3.05, 3.63) is 58.1 Å². The molecule has 0 atom stereocenters. The molecule has 27 heavy (non-hydrogen) atoms. The second-order valence-corrected chi connectivity index (χ2v) is 6.15. The van der Waals surface area contributed by atoms with Crippen molar-refractivity contribution < 1.29 is 19.2 Å². The molecule has 0 aliphatic rings. The zero-order valence-corrected chi connectivity index (χ0v) is 15.8. The van der Waals surface area contributed by atoms with Crippen LogP contribution in [0.3, 0.4) is 0 Å². The largest absolute Gasteiger partial charge is 0.495 e. The van der Waals surface area contributed by atoms with Gasteiger partial charge in [0.05, 0.1) is 23.8 Å². The predicted octanol–water partition coefficient (Wildman–Crippen LogP) is 3.52. The Bertz CT molecular complexity index is 870. The molecule has 1 amide bonds. The van der Waals surface area contributed by atoms with Crippen molar-refractivity contribution in [3.8, 4) is 11.5 Å². The highest BCUT2D eigenvalue weighted by Crippen LogP contribution is 2.28. The lowest BCUT2D eigenvalue weighted by Crippen LogP contribution is -2.34. The Balaban J connectivity index is 2.10. The number of benzene rings is 2. The van der Waals surface area contributed by atoms with Crippen molar-refractivity contribution in [1.82, 2.24) is 5.32 Å². The van der Waals surface area contributed by atoms with Crippen LogP contribution in [0, 0.1) is 10.1 Å². The molecule has 2 N–H and O–H groups in total. The summed E-state index contributed by atoms with van der Waals surface area (Å²) in [4.78, 5) is 22.8. The van der Waals surface area contributed by atoms with Crippen molar-refractivity contribution in [2.24, 2.45) is 0 Å². The minimum Gasteiger partial charge on any atom is -0.495 e. The van der Waals surface area contributed by atoms with E-state index in [0.717, 1.165) is 0 Å². The van der Waals surface area contributed by atoms with Gasteiger partial charge in [-0.1, -0.05) is 6.07 Å². The Morgan fingerprint density at radius 1 is 1.22 bits per heavy atom. The van der Waals surface area contributed by atoms with Gasteiger partial charge in [0.25, 0.3) is 11.6 Å². The van der Waals surface area contributed by atoms with Crippen LogP contribution in [0.1, 0.15) is 24.2 Å². The summed E-state index contributed by atoms with van der Waals surface area (Å²) in [5.41, 5.74) is 0.503. The molecule has 0 radical (unpaired) electrons. The summed E-state index contributed by atoms with van der Waals surface area (Å²) in [6.07, 6.45) is -0.0209. The van der Waals surface area contributed by atoms with Gasteiger partial charge in [-0.05, 0) is 50.3 Å². The van der Waals surface area contributed by atoms with Crippen LogP contribution in [0.4, 0.5) is 11.4 Å². The third-order valence-electron chi connectivity index (χ3n) is 3.34. The van der Waals surface area contributed by atoms with Crippen LogP contribution in [-0.2, 0) is 0 Å². The number of rotatable bonds is 6. The Morgan fingerprint density at radius 2 is 1.96 bits per heavy atom. The van der Waals surface area contributed by atoms with Gasteiger partial charge in [0, 0.05) is 17.7 Å². The summed E-state index contributed by atoms with van der Waals surface area (Å²) in [6.45, 7) is 3.77. The van der Waals surface area contributed by atoms with Gasteiger partial charge >= 0.3 is 0 Å². The van der Waals surface area contributed by atoms with Gasteiger partial charge in [0.2, 0.25) is 0 Å². The highest BCUT2D eigenvalue weighted by molar-refractivity contribution is 7.80. The van der Waals surface area contributed by atoms with E-state index in [1.54, 1.807) is 24.3 Å². The normalized spacial score (nSPS) is 10.2. The summed E-state index contributed by atoms with van der Waals surface area (Å²) in [5, 5.41) is 16.2. The summed E-state index contributed by atoms with van der Waals surface area (Å²) in [5.74, 6) is 0.479. The van der Waals surface area contributed by atoms with E-state index in [1.807, 2.05) is 13.8 Å². The highest BCUT2D eigenvalue weighted by atomic mass is 32.1. The molecule has 0 saturated heterocycles. The van der Waals surface area contributed by atoms with E-state index in [4.69, 9.17) is 21.7 Å². The summed E-state index contributed by atoms with van der Waals surface area (Å²) >= 11 is 5.13. The van der Waals surface area contributed by atoms with Crippen LogP contribution in [-0.4, -0.2) is 29.2 Å². The minimum absolute atomic E-state index is 0.0195. The Hall–Kier alpha value is -3.20. The maximum atomic E-state index is 12.4. The quantitative estimate of drug-likeness (QED) is 0.443. The molecule has 0 heterocycles. The molecule has 8 nitrogen and oxygen atoms in total. The first-order chi connectivity index (χ1) is 12.8. The number of thiocarbonyl (C=S) groups is 1.